The first-order valence-corrected chi connectivity index (χ1v) is 28.2. The largest absolute Gasteiger partial charge is 0.486 e. The maximum atomic E-state index is 16.1. The molecule has 12 rings (SSSR count). The molecule has 0 radical (unpaired) electrons. The average molecular weight is 1110 g/mol. The summed E-state index contributed by atoms with van der Waals surface area (Å²) in [6.07, 6.45) is 4.90. The van der Waals surface area contributed by atoms with Crippen LogP contribution < -0.4 is 30.3 Å². The second-order valence-electron chi connectivity index (χ2n) is 22.4. The molecule has 17 nitrogen and oxygen atoms in total. The number of halogens is 2. The van der Waals surface area contributed by atoms with Gasteiger partial charge >= 0.3 is 6.01 Å². The number of aromatic nitrogens is 4. The van der Waals surface area contributed by atoms with Gasteiger partial charge in [-0.25, -0.2) is 4.39 Å². The lowest BCUT2D eigenvalue weighted by molar-refractivity contribution is -0.141. The number of amides is 3. The number of aromatic amines is 1. The monoisotopic (exact) mass is 1110 g/mol. The van der Waals surface area contributed by atoms with Crippen molar-refractivity contribution in [1.82, 2.24) is 41.0 Å². The van der Waals surface area contributed by atoms with Gasteiger partial charge in [-0.15, -0.1) is 0 Å². The standard InChI is InChI=1S/C61H65ClFN9O8/c1-32(2)54(60(77)72-29-41(74)23-51(72)59(76)66-50(30-73)37-16-14-35(15-17-37)43-6-4-5-7-47(43)62)67-58(75)38-10-8-34(9-11-38)31-79-56-53(52-33(3)48(63)25-49-46(52)27-65-70-49)44(36-12-13-36)24-45-55(56)68-61(80-42-18-20-78-21-19-42)69-57(45)71-28-39-22-40(71)26-64-39/h4-11,14-17,24-25,27,32,36,39-42,50-51,54,64,73-74H,12-13,18-23,26,28-31H2,1-3H3,(H,65,70)(H,66,76)(H,67,75)/t39-,40-,41+,50-,51-,54-/m0/s1. The van der Waals surface area contributed by atoms with Crippen molar-refractivity contribution in [2.45, 2.75) is 114 Å². The number of aliphatic hydroxyl groups is 2. The van der Waals surface area contributed by atoms with Gasteiger partial charge in [0.15, 0.2) is 5.75 Å². The number of fused-ring (bicyclic) bond motifs is 4. The van der Waals surface area contributed by atoms with Crippen LogP contribution in [0.1, 0.15) is 96.9 Å². The molecule has 416 valence electrons. The van der Waals surface area contributed by atoms with Crippen LogP contribution in [0.25, 0.3) is 44.1 Å². The van der Waals surface area contributed by atoms with Gasteiger partial charge in [0.05, 0.1) is 43.7 Å². The molecule has 3 amide bonds. The van der Waals surface area contributed by atoms with Gasteiger partial charge in [0.25, 0.3) is 5.91 Å². The molecule has 1 aliphatic carbocycles. The van der Waals surface area contributed by atoms with E-state index in [1.165, 1.54) is 11.0 Å². The molecule has 1 saturated carbocycles. The number of ether oxygens (including phenoxy) is 3. The number of hydrogen-bond acceptors (Lipinski definition) is 13. The van der Waals surface area contributed by atoms with Crippen molar-refractivity contribution in [1.29, 1.82) is 0 Å². The van der Waals surface area contributed by atoms with Gasteiger partial charge in [-0.1, -0.05) is 80.0 Å². The molecule has 5 aliphatic rings. The first-order chi connectivity index (χ1) is 38.8. The molecule has 6 N–H and O–H groups in total. The van der Waals surface area contributed by atoms with E-state index in [-0.39, 0.29) is 55.0 Å². The number of piperazine rings is 1. The van der Waals surface area contributed by atoms with E-state index in [0.717, 1.165) is 76.8 Å². The molecular formula is C61H65ClFN9O8. The Morgan fingerprint density at radius 3 is 2.40 bits per heavy atom. The predicted octanol–water partition coefficient (Wildman–Crippen LogP) is 8.07. The molecule has 2 aromatic heterocycles. The lowest BCUT2D eigenvalue weighted by atomic mass is 9.88. The molecule has 6 atom stereocenters. The highest BCUT2D eigenvalue weighted by Gasteiger charge is 2.44. The summed E-state index contributed by atoms with van der Waals surface area (Å²) >= 11 is 6.43. The number of carbonyl (C=O) groups excluding carboxylic acids is 3. The van der Waals surface area contributed by atoms with Crippen LogP contribution in [0.4, 0.5) is 10.2 Å². The van der Waals surface area contributed by atoms with Crippen LogP contribution in [-0.4, -0.2) is 129 Å². The number of β-amino-alcohol motifs (C(OH)–C–C–N with tert-alkyl or cyclic N) is 1. The molecule has 19 heteroatoms. The number of nitrogens with one attached hydrogen (secondary N) is 4. The Hall–Kier alpha value is -7.22. The number of benzene rings is 5. The second kappa shape index (κ2) is 22.4. The van der Waals surface area contributed by atoms with Crippen molar-refractivity contribution in [2.75, 3.05) is 44.4 Å². The van der Waals surface area contributed by atoms with Gasteiger partial charge < -0.3 is 50.2 Å². The fourth-order valence-electron chi connectivity index (χ4n) is 12.1. The molecule has 80 heavy (non-hydrogen) atoms. The Balaban J connectivity index is 0.810. The van der Waals surface area contributed by atoms with Crippen LogP contribution in [-0.2, 0) is 20.9 Å². The molecule has 4 saturated heterocycles. The van der Waals surface area contributed by atoms with Crippen LogP contribution in [0, 0.1) is 18.7 Å². The molecule has 2 bridgehead atoms. The zero-order valence-electron chi connectivity index (χ0n) is 44.9. The quantitative estimate of drug-likeness (QED) is 0.0509. The van der Waals surface area contributed by atoms with E-state index in [4.69, 9.17) is 35.8 Å². The smallest absolute Gasteiger partial charge is 0.319 e. The Bertz CT molecular complexity index is 3480. The van der Waals surface area contributed by atoms with E-state index in [2.05, 4.69) is 37.1 Å². The number of rotatable bonds is 17. The fourth-order valence-corrected chi connectivity index (χ4v) is 12.3. The number of aliphatic hydroxyl groups excluding tert-OH is 2. The predicted molar refractivity (Wildman–Crippen MR) is 301 cm³/mol. The molecular weight excluding hydrogens is 1040 g/mol. The Morgan fingerprint density at radius 2 is 1.70 bits per heavy atom. The summed E-state index contributed by atoms with van der Waals surface area (Å²) in [5.41, 5.74) is 7.37. The third-order valence-corrected chi connectivity index (χ3v) is 16.9. The van der Waals surface area contributed by atoms with Gasteiger partial charge in [0, 0.05) is 89.0 Å². The zero-order chi connectivity index (χ0) is 55.3. The van der Waals surface area contributed by atoms with Crippen molar-refractivity contribution in [3.8, 4) is 34.0 Å². The summed E-state index contributed by atoms with van der Waals surface area (Å²) in [6, 6.07) is 23.3. The highest BCUT2D eigenvalue weighted by molar-refractivity contribution is 6.33. The number of H-pyrrole nitrogens is 1. The van der Waals surface area contributed by atoms with E-state index < -0.39 is 54.5 Å². The summed E-state index contributed by atoms with van der Waals surface area (Å²) in [4.78, 5) is 56.6. The van der Waals surface area contributed by atoms with Crippen molar-refractivity contribution < 1.29 is 43.2 Å². The molecule has 6 heterocycles. The normalized spacial score (nSPS) is 20.9. The first kappa shape index (κ1) is 53.4. The third-order valence-electron chi connectivity index (χ3n) is 16.6. The topological polar surface area (TPSA) is 216 Å². The summed E-state index contributed by atoms with van der Waals surface area (Å²) < 4.78 is 35.5. The molecule has 0 unspecified atom stereocenters. The van der Waals surface area contributed by atoms with Crippen LogP contribution >= 0.6 is 11.6 Å². The summed E-state index contributed by atoms with van der Waals surface area (Å²) in [6.45, 7) is 7.69. The van der Waals surface area contributed by atoms with Crippen molar-refractivity contribution in [2.24, 2.45) is 5.92 Å². The lowest BCUT2D eigenvalue weighted by Crippen LogP contribution is -2.55. The number of hydrogen-bond donors (Lipinski definition) is 6. The minimum absolute atomic E-state index is 0.0163. The van der Waals surface area contributed by atoms with E-state index in [1.807, 2.05) is 30.3 Å². The number of anilines is 1. The Morgan fingerprint density at radius 1 is 0.925 bits per heavy atom. The van der Waals surface area contributed by atoms with Gasteiger partial charge in [-0.2, -0.15) is 15.1 Å². The van der Waals surface area contributed by atoms with Gasteiger partial charge in [-0.3, -0.25) is 19.5 Å². The molecule has 5 fully saturated rings. The molecule has 5 aromatic carbocycles. The van der Waals surface area contributed by atoms with Crippen molar-refractivity contribution in [3.63, 3.8) is 0 Å². The Labute approximate surface area is 467 Å². The van der Waals surface area contributed by atoms with Crippen LogP contribution in [0.2, 0.25) is 5.02 Å². The SMILES string of the molecule is Cc1c(F)cc2[nH]ncc2c1-c1c(C2CC2)cc2c(N3C[C@@H]4C[C@H]3CN4)nc(OC3CCOCC3)nc2c1OCc1ccc(C(=O)N[C@H](C(=O)N2C[C@H](O)C[C@H]2C(=O)N[C@@H](CO)c2ccc(-c3ccccc3Cl)cc2)C(C)C)cc1. The average Bonchev–Trinajstić information content (AvgIpc) is 3.94. The summed E-state index contributed by atoms with van der Waals surface area (Å²) in [5.74, 6) is -0.890. The molecule has 7 aromatic rings. The maximum Gasteiger partial charge on any atom is 0.319 e. The van der Waals surface area contributed by atoms with Crippen molar-refractivity contribution in [3.05, 3.63) is 130 Å². The first-order valence-electron chi connectivity index (χ1n) is 27.8. The summed E-state index contributed by atoms with van der Waals surface area (Å²) in [5, 5.41) is 40.2. The third kappa shape index (κ3) is 10.5. The minimum atomic E-state index is -1.05. The van der Waals surface area contributed by atoms with Crippen molar-refractivity contribution >= 4 is 56.9 Å². The van der Waals surface area contributed by atoms with Crippen LogP contribution in [0.3, 0.4) is 0 Å². The minimum Gasteiger partial charge on any atom is -0.486 e. The van der Waals surface area contributed by atoms with E-state index in [9.17, 15) is 24.6 Å². The highest BCUT2D eigenvalue weighted by atomic mass is 35.5. The van der Waals surface area contributed by atoms with E-state index in [1.54, 1.807) is 69.4 Å². The number of likely N-dealkylation sites (tertiary alicyclic amines) is 1. The van der Waals surface area contributed by atoms with Gasteiger partial charge in [0.1, 0.15) is 41.9 Å². The highest BCUT2D eigenvalue weighted by Crippen LogP contribution is 2.53. The number of nitrogens with zero attached hydrogens (tertiary/aromatic N) is 5. The summed E-state index contributed by atoms with van der Waals surface area (Å²) in [7, 11) is 0. The zero-order valence-corrected chi connectivity index (χ0v) is 45.6. The molecule has 4 aliphatic heterocycles. The van der Waals surface area contributed by atoms with Gasteiger partial charge in [-0.05, 0) is 96.2 Å². The van der Waals surface area contributed by atoms with E-state index in [0.29, 0.717) is 70.6 Å². The Kier molecular flexibility index (Phi) is 14.9. The number of carbonyl (C=O) groups is 3. The second-order valence-corrected chi connectivity index (χ2v) is 22.8. The van der Waals surface area contributed by atoms with Gasteiger partial charge in [0.2, 0.25) is 11.8 Å². The fraction of sp³-hybridized carbons (Fsp3) is 0.410. The maximum absolute atomic E-state index is 16.1. The van der Waals surface area contributed by atoms with E-state index >= 15 is 4.39 Å². The van der Waals surface area contributed by atoms with Crippen LogP contribution in [0.5, 0.6) is 11.8 Å². The molecule has 0 spiro atoms. The van der Waals surface area contributed by atoms with Crippen LogP contribution in [0.15, 0.2) is 91.1 Å². The lowest BCUT2D eigenvalue weighted by Gasteiger charge is -2.31.